The number of hydrogen-bond donors (Lipinski definition) is 1. The summed E-state index contributed by atoms with van der Waals surface area (Å²) in [4.78, 5) is -0.231. The summed E-state index contributed by atoms with van der Waals surface area (Å²) in [5.74, 6) is -0.665. The van der Waals surface area contributed by atoms with Crippen molar-refractivity contribution in [2.75, 3.05) is 19.6 Å². The standard InChI is InChI=1S/C11H13Cl2FN2O2S.ClH/c1-7-6-15-2-3-16(7)19(17,18)11-9(12)4-8(14)5-10(11)13;/h4-5,7,15H,2-3,6H2,1H3;1H/t7-;/m0./s1. The van der Waals surface area contributed by atoms with Crippen LogP contribution in [0.4, 0.5) is 4.39 Å². The van der Waals surface area contributed by atoms with E-state index in [1.54, 1.807) is 6.92 Å². The number of sulfonamides is 1. The Morgan fingerprint density at radius 1 is 1.35 bits per heavy atom. The molecule has 1 aromatic carbocycles. The highest BCUT2D eigenvalue weighted by Gasteiger charge is 2.34. The molecule has 114 valence electrons. The van der Waals surface area contributed by atoms with E-state index in [4.69, 9.17) is 23.2 Å². The minimum absolute atomic E-state index is 0. The maximum absolute atomic E-state index is 13.1. The summed E-state index contributed by atoms with van der Waals surface area (Å²) in [5, 5.41) is 2.70. The van der Waals surface area contributed by atoms with Crippen molar-refractivity contribution in [2.45, 2.75) is 17.9 Å². The normalized spacial score (nSPS) is 20.5. The molecular weight excluding hydrogens is 350 g/mol. The lowest BCUT2D eigenvalue weighted by Crippen LogP contribution is -2.52. The minimum atomic E-state index is -3.83. The Hall–Kier alpha value is -0.110. The molecule has 20 heavy (non-hydrogen) atoms. The SMILES string of the molecule is C[C@H]1CNCCN1S(=O)(=O)c1c(Cl)cc(F)cc1Cl.Cl. The van der Waals surface area contributed by atoms with Gasteiger partial charge in [-0.05, 0) is 19.1 Å². The summed E-state index contributed by atoms with van der Waals surface area (Å²) in [5.41, 5.74) is 0. The van der Waals surface area contributed by atoms with Crippen molar-refractivity contribution in [3.63, 3.8) is 0 Å². The predicted octanol–water partition coefficient (Wildman–Crippen LogP) is 2.54. The Morgan fingerprint density at radius 3 is 2.40 bits per heavy atom. The van der Waals surface area contributed by atoms with Gasteiger partial charge in [-0.1, -0.05) is 23.2 Å². The van der Waals surface area contributed by atoms with E-state index in [0.717, 1.165) is 12.1 Å². The van der Waals surface area contributed by atoms with Gasteiger partial charge in [0.25, 0.3) is 0 Å². The van der Waals surface area contributed by atoms with Gasteiger partial charge < -0.3 is 5.32 Å². The Bertz CT molecular complexity index is 574. The summed E-state index contributed by atoms with van der Waals surface area (Å²) in [7, 11) is -3.83. The highest BCUT2D eigenvalue weighted by Crippen LogP contribution is 2.33. The molecule has 2 rings (SSSR count). The van der Waals surface area contributed by atoms with Crippen molar-refractivity contribution >= 4 is 45.6 Å². The van der Waals surface area contributed by atoms with Crippen LogP contribution in [0.15, 0.2) is 17.0 Å². The molecule has 0 aliphatic carbocycles. The molecule has 0 bridgehead atoms. The first-order valence-corrected chi connectivity index (χ1v) is 7.90. The van der Waals surface area contributed by atoms with Gasteiger partial charge in [0.2, 0.25) is 10.0 Å². The fraction of sp³-hybridized carbons (Fsp3) is 0.455. The Kier molecular flexibility index (Phi) is 6.07. The minimum Gasteiger partial charge on any atom is -0.314 e. The van der Waals surface area contributed by atoms with E-state index in [2.05, 4.69) is 5.32 Å². The van der Waals surface area contributed by atoms with Crippen LogP contribution in [0.5, 0.6) is 0 Å². The summed E-state index contributed by atoms with van der Waals surface area (Å²) in [6.07, 6.45) is 0. The molecular formula is C11H14Cl3FN2O2S. The monoisotopic (exact) mass is 362 g/mol. The van der Waals surface area contributed by atoms with Gasteiger partial charge in [0.15, 0.2) is 0 Å². The molecule has 0 aromatic heterocycles. The highest BCUT2D eigenvalue weighted by molar-refractivity contribution is 7.89. The van der Waals surface area contributed by atoms with Crippen LogP contribution >= 0.6 is 35.6 Å². The van der Waals surface area contributed by atoms with E-state index < -0.39 is 15.8 Å². The van der Waals surface area contributed by atoms with Crippen LogP contribution in [-0.2, 0) is 10.0 Å². The molecule has 1 fully saturated rings. The molecule has 0 amide bonds. The lowest BCUT2D eigenvalue weighted by atomic mass is 10.3. The fourth-order valence-corrected chi connectivity index (χ4v) is 4.84. The zero-order valence-electron chi connectivity index (χ0n) is 10.6. The molecule has 1 N–H and O–H groups in total. The average Bonchev–Trinajstić information content (AvgIpc) is 2.27. The third-order valence-electron chi connectivity index (χ3n) is 2.97. The van der Waals surface area contributed by atoms with Gasteiger partial charge in [0.1, 0.15) is 10.7 Å². The van der Waals surface area contributed by atoms with Crippen LogP contribution in [-0.4, -0.2) is 38.4 Å². The Morgan fingerprint density at radius 2 is 1.90 bits per heavy atom. The van der Waals surface area contributed by atoms with Crippen molar-refractivity contribution in [3.05, 3.63) is 28.0 Å². The van der Waals surface area contributed by atoms with Gasteiger partial charge in [-0.25, -0.2) is 12.8 Å². The summed E-state index contributed by atoms with van der Waals surface area (Å²) >= 11 is 11.7. The predicted molar refractivity (Wildman–Crippen MR) is 79.9 cm³/mol. The molecule has 1 atom stereocenters. The third kappa shape index (κ3) is 3.37. The molecule has 0 unspecified atom stereocenters. The number of benzene rings is 1. The molecule has 1 aliphatic rings. The lowest BCUT2D eigenvalue weighted by molar-refractivity contribution is 0.284. The number of hydrogen-bond acceptors (Lipinski definition) is 3. The van der Waals surface area contributed by atoms with Crippen molar-refractivity contribution in [2.24, 2.45) is 0 Å². The topological polar surface area (TPSA) is 49.4 Å². The second-order valence-electron chi connectivity index (χ2n) is 4.37. The first-order chi connectivity index (χ1) is 8.84. The third-order valence-corrected chi connectivity index (χ3v) is 5.91. The van der Waals surface area contributed by atoms with Crippen molar-refractivity contribution in [3.8, 4) is 0 Å². The van der Waals surface area contributed by atoms with Crippen molar-refractivity contribution < 1.29 is 12.8 Å². The molecule has 9 heteroatoms. The van der Waals surface area contributed by atoms with Crippen LogP contribution in [0.2, 0.25) is 10.0 Å². The summed E-state index contributed by atoms with van der Waals surface area (Å²) in [6.45, 7) is 3.22. The van der Waals surface area contributed by atoms with Crippen LogP contribution < -0.4 is 5.32 Å². The summed E-state index contributed by atoms with van der Waals surface area (Å²) in [6, 6.07) is 1.69. The maximum Gasteiger partial charge on any atom is 0.246 e. The molecule has 0 radical (unpaired) electrons. The maximum atomic E-state index is 13.1. The van der Waals surface area contributed by atoms with Gasteiger partial charge in [0, 0.05) is 25.7 Å². The van der Waals surface area contributed by atoms with Crippen LogP contribution in [0, 0.1) is 5.82 Å². The van der Waals surface area contributed by atoms with Gasteiger partial charge in [0.05, 0.1) is 10.0 Å². The van der Waals surface area contributed by atoms with Crippen molar-refractivity contribution in [1.82, 2.24) is 9.62 Å². The smallest absolute Gasteiger partial charge is 0.246 e. The molecule has 0 saturated carbocycles. The van der Waals surface area contributed by atoms with E-state index in [0.29, 0.717) is 19.6 Å². The molecule has 0 spiro atoms. The average molecular weight is 364 g/mol. The van der Waals surface area contributed by atoms with E-state index >= 15 is 0 Å². The van der Waals surface area contributed by atoms with E-state index in [1.165, 1.54) is 4.31 Å². The second-order valence-corrected chi connectivity index (χ2v) is 7.01. The van der Waals surface area contributed by atoms with Crippen LogP contribution in [0.1, 0.15) is 6.92 Å². The van der Waals surface area contributed by atoms with Gasteiger partial charge >= 0.3 is 0 Å². The number of nitrogens with zero attached hydrogens (tertiary/aromatic N) is 1. The van der Waals surface area contributed by atoms with E-state index in [-0.39, 0.29) is 33.4 Å². The van der Waals surface area contributed by atoms with Gasteiger partial charge in [-0.3, -0.25) is 0 Å². The first-order valence-electron chi connectivity index (χ1n) is 5.71. The number of piperazine rings is 1. The number of nitrogens with one attached hydrogen (secondary N) is 1. The van der Waals surface area contributed by atoms with E-state index in [1.807, 2.05) is 0 Å². The molecule has 1 saturated heterocycles. The molecule has 1 aromatic rings. The number of rotatable bonds is 2. The second kappa shape index (κ2) is 6.77. The number of halogens is 4. The fourth-order valence-electron chi connectivity index (χ4n) is 2.07. The van der Waals surface area contributed by atoms with Crippen molar-refractivity contribution in [1.29, 1.82) is 0 Å². The van der Waals surface area contributed by atoms with Crippen LogP contribution in [0.3, 0.4) is 0 Å². The van der Waals surface area contributed by atoms with Gasteiger partial charge in [-0.15, -0.1) is 12.4 Å². The molecule has 4 nitrogen and oxygen atoms in total. The van der Waals surface area contributed by atoms with Crippen LogP contribution in [0.25, 0.3) is 0 Å². The zero-order chi connectivity index (χ0) is 14.2. The Balaban J connectivity index is 0.00000200. The summed E-state index contributed by atoms with van der Waals surface area (Å²) < 4.78 is 39.6. The quantitative estimate of drug-likeness (QED) is 0.878. The highest BCUT2D eigenvalue weighted by atomic mass is 35.5. The lowest BCUT2D eigenvalue weighted by Gasteiger charge is -2.33. The zero-order valence-corrected chi connectivity index (χ0v) is 13.7. The van der Waals surface area contributed by atoms with Gasteiger partial charge in [-0.2, -0.15) is 4.31 Å². The molecule has 1 heterocycles. The Labute approximate surface area is 133 Å². The molecule has 1 aliphatic heterocycles. The first kappa shape index (κ1) is 17.9. The largest absolute Gasteiger partial charge is 0.314 e. The van der Waals surface area contributed by atoms with E-state index in [9.17, 15) is 12.8 Å².